The lowest BCUT2D eigenvalue weighted by molar-refractivity contribution is -0.115. The van der Waals surface area contributed by atoms with Gasteiger partial charge in [-0.05, 0) is 0 Å². The Bertz CT molecular complexity index is 298. The van der Waals surface area contributed by atoms with Gasteiger partial charge in [0.1, 0.15) is 4.32 Å². The van der Waals surface area contributed by atoms with Gasteiger partial charge in [0.15, 0.2) is 0 Å². The van der Waals surface area contributed by atoms with Gasteiger partial charge in [0, 0.05) is 19.3 Å². The lowest BCUT2D eigenvalue weighted by Gasteiger charge is -2.25. The van der Waals surface area contributed by atoms with Crippen molar-refractivity contribution >= 4 is 34.2 Å². The molecule has 0 radical (unpaired) electrons. The second-order valence-corrected chi connectivity index (χ2v) is 4.70. The van der Waals surface area contributed by atoms with Gasteiger partial charge < -0.3 is 15.0 Å². The molecule has 0 unspecified atom stereocenters. The number of carbonyl (C=O) groups excluding carboxylic acids is 1. The third-order valence-corrected chi connectivity index (χ3v) is 3.14. The van der Waals surface area contributed by atoms with Crippen LogP contribution in [0.2, 0.25) is 0 Å². The molecular formula is C8H10N2O2S2. The SMILES string of the molecule is O=C1NC(=S)S/C1=C/N1CCOCC1. The first-order chi connectivity index (χ1) is 6.75. The van der Waals surface area contributed by atoms with E-state index in [9.17, 15) is 4.79 Å². The van der Waals surface area contributed by atoms with Crippen LogP contribution in [0.3, 0.4) is 0 Å². The average Bonchev–Trinajstić information content (AvgIpc) is 2.47. The van der Waals surface area contributed by atoms with E-state index >= 15 is 0 Å². The molecule has 6 heteroatoms. The predicted octanol–water partition coefficient (Wildman–Crippen LogP) is 0.308. The first kappa shape index (κ1) is 9.95. The minimum absolute atomic E-state index is 0.0912. The van der Waals surface area contributed by atoms with Crippen molar-refractivity contribution in [2.24, 2.45) is 0 Å². The van der Waals surface area contributed by atoms with Gasteiger partial charge in [0.25, 0.3) is 5.91 Å². The molecule has 0 aromatic heterocycles. The van der Waals surface area contributed by atoms with Crippen LogP contribution in [0.5, 0.6) is 0 Å². The quantitative estimate of drug-likeness (QED) is 0.518. The highest BCUT2D eigenvalue weighted by Crippen LogP contribution is 2.23. The van der Waals surface area contributed by atoms with E-state index < -0.39 is 0 Å². The molecule has 14 heavy (non-hydrogen) atoms. The third-order valence-electron chi connectivity index (χ3n) is 1.99. The molecule has 0 aromatic rings. The minimum atomic E-state index is -0.0912. The molecule has 0 aliphatic carbocycles. The van der Waals surface area contributed by atoms with Gasteiger partial charge in [0.05, 0.1) is 18.1 Å². The summed E-state index contributed by atoms with van der Waals surface area (Å²) < 4.78 is 5.74. The number of morpholine rings is 1. The highest BCUT2D eigenvalue weighted by atomic mass is 32.2. The summed E-state index contributed by atoms with van der Waals surface area (Å²) in [6.07, 6.45) is 1.86. The summed E-state index contributed by atoms with van der Waals surface area (Å²) in [4.78, 5) is 14.1. The smallest absolute Gasteiger partial charge is 0.265 e. The number of carbonyl (C=O) groups is 1. The van der Waals surface area contributed by atoms with E-state index in [1.165, 1.54) is 11.8 Å². The van der Waals surface area contributed by atoms with Crippen molar-refractivity contribution in [3.63, 3.8) is 0 Å². The van der Waals surface area contributed by atoms with Gasteiger partial charge >= 0.3 is 0 Å². The number of hydrogen-bond donors (Lipinski definition) is 1. The topological polar surface area (TPSA) is 41.6 Å². The monoisotopic (exact) mass is 230 g/mol. The Hall–Kier alpha value is -0.590. The second kappa shape index (κ2) is 4.29. The van der Waals surface area contributed by atoms with Crippen molar-refractivity contribution in [3.05, 3.63) is 11.1 Å². The maximum atomic E-state index is 11.3. The first-order valence-electron chi connectivity index (χ1n) is 4.32. The van der Waals surface area contributed by atoms with Crippen molar-refractivity contribution in [1.82, 2.24) is 10.2 Å². The van der Waals surface area contributed by atoms with Gasteiger partial charge in [-0.25, -0.2) is 0 Å². The fourth-order valence-corrected chi connectivity index (χ4v) is 2.33. The van der Waals surface area contributed by atoms with Crippen molar-refractivity contribution in [2.45, 2.75) is 0 Å². The minimum Gasteiger partial charge on any atom is -0.378 e. The Morgan fingerprint density at radius 1 is 1.50 bits per heavy atom. The fraction of sp³-hybridized carbons (Fsp3) is 0.500. The molecule has 2 fully saturated rings. The second-order valence-electron chi connectivity index (χ2n) is 2.99. The number of rotatable bonds is 1. The zero-order chi connectivity index (χ0) is 9.97. The number of nitrogens with one attached hydrogen (secondary N) is 1. The Labute approximate surface area is 91.7 Å². The number of amides is 1. The van der Waals surface area contributed by atoms with Crippen molar-refractivity contribution in [1.29, 1.82) is 0 Å². The molecule has 2 aliphatic rings. The van der Waals surface area contributed by atoms with Crippen LogP contribution in [0.1, 0.15) is 0 Å². The Morgan fingerprint density at radius 3 is 2.79 bits per heavy atom. The molecule has 0 saturated carbocycles. The summed E-state index contributed by atoms with van der Waals surface area (Å²) >= 11 is 6.20. The molecule has 2 aliphatic heterocycles. The van der Waals surface area contributed by atoms with Crippen LogP contribution in [0.15, 0.2) is 11.1 Å². The molecule has 1 N–H and O–H groups in total. The number of ether oxygens (including phenoxy) is 1. The first-order valence-corrected chi connectivity index (χ1v) is 5.55. The van der Waals surface area contributed by atoms with Crippen LogP contribution in [-0.2, 0) is 9.53 Å². The number of thiocarbonyl (C=S) groups is 1. The fourth-order valence-electron chi connectivity index (χ4n) is 1.28. The lowest BCUT2D eigenvalue weighted by Crippen LogP contribution is -2.32. The molecule has 0 atom stereocenters. The highest BCUT2D eigenvalue weighted by Gasteiger charge is 2.23. The molecule has 2 heterocycles. The molecule has 2 rings (SSSR count). The molecule has 0 aromatic carbocycles. The summed E-state index contributed by atoms with van der Waals surface area (Å²) in [7, 11) is 0. The van der Waals surface area contributed by atoms with Crippen LogP contribution in [0.25, 0.3) is 0 Å². The Balaban J connectivity index is 2.02. The maximum absolute atomic E-state index is 11.3. The van der Waals surface area contributed by atoms with Crippen LogP contribution in [0.4, 0.5) is 0 Å². The highest BCUT2D eigenvalue weighted by molar-refractivity contribution is 8.26. The Kier molecular flexibility index (Phi) is 3.05. The van der Waals surface area contributed by atoms with E-state index in [0.29, 0.717) is 9.23 Å². The van der Waals surface area contributed by atoms with E-state index in [2.05, 4.69) is 10.2 Å². The van der Waals surface area contributed by atoms with Crippen LogP contribution in [0, 0.1) is 0 Å². The maximum Gasteiger partial charge on any atom is 0.265 e. The summed E-state index contributed by atoms with van der Waals surface area (Å²) in [6.45, 7) is 3.12. The van der Waals surface area contributed by atoms with Crippen molar-refractivity contribution < 1.29 is 9.53 Å². The normalized spacial score (nSPS) is 25.7. The van der Waals surface area contributed by atoms with E-state index in [4.69, 9.17) is 17.0 Å². The molecule has 2 saturated heterocycles. The van der Waals surface area contributed by atoms with E-state index in [1.54, 1.807) is 0 Å². The van der Waals surface area contributed by atoms with E-state index in [-0.39, 0.29) is 5.91 Å². The summed E-state index contributed by atoms with van der Waals surface area (Å²) in [5, 5.41) is 2.59. The largest absolute Gasteiger partial charge is 0.378 e. The predicted molar refractivity (Wildman–Crippen MR) is 58.8 cm³/mol. The number of hydrogen-bond acceptors (Lipinski definition) is 5. The van der Waals surface area contributed by atoms with E-state index in [0.717, 1.165) is 26.3 Å². The van der Waals surface area contributed by atoms with Gasteiger partial charge in [-0.15, -0.1) is 0 Å². The van der Waals surface area contributed by atoms with Gasteiger partial charge in [0.2, 0.25) is 0 Å². The average molecular weight is 230 g/mol. The molecule has 0 bridgehead atoms. The summed E-state index contributed by atoms with van der Waals surface area (Å²) in [5.41, 5.74) is 0. The zero-order valence-corrected chi connectivity index (χ0v) is 9.12. The summed E-state index contributed by atoms with van der Waals surface area (Å²) in [5.74, 6) is -0.0912. The number of nitrogens with zero attached hydrogens (tertiary/aromatic N) is 1. The Morgan fingerprint density at radius 2 is 2.21 bits per heavy atom. The molecule has 0 spiro atoms. The van der Waals surface area contributed by atoms with Gasteiger partial charge in [-0.2, -0.15) is 0 Å². The summed E-state index contributed by atoms with van der Waals surface area (Å²) in [6, 6.07) is 0. The van der Waals surface area contributed by atoms with Crippen LogP contribution >= 0.6 is 24.0 Å². The van der Waals surface area contributed by atoms with E-state index in [1.807, 2.05) is 6.20 Å². The molecule has 76 valence electrons. The van der Waals surface area contributed by atoms with Gasteiger partial charge in [-0.3, -0.25) is 4.79 Å². The molecular weight excluding hydrogens is 220 g/mol. The van der Waals surface area contributed by atoms with Crippen molar-refractivity contribution in [3.8, 4) is 0 Å². The van der Waals surface area contributed by atoms with Gasteiger partial charge in [-0.1, -0.05) is 24.0 Å². The lowest BCUT2D eigenvalue weighted by atomic mass is 10.4. The third kappa shape index (κ3) is 2.26. The van der Waals surface area contributed by atoms with Crippen LogP contribution in [-0.4, -0.2) is 41.4 Å². The van der Waals surface area contributed by atoms with Crippen molar-refractivity contribution in [2.75, 3.05) is 26.3 Å². The number of thioether (sulfide) groups is 1. The zero-order valence-electron chi connectivity index (χ0n) is 7.49. The van der Waals surface area contributed by atoms with Crippen LogP contribution < -0.4 is 5.32 Å². The standard InChI is InChI=1S/C8H10N2O2S2/c11-7-6(14-8(13)9-7)5-10-1-3-12-4-2-10/h5H,1-4H2,(H,9,11,13)/b6-5+. The molecule has 4 nitrogen and oxygen atoms in total. The molecule has 1 amide bonds.